The number of carboxylic acid groups (broad SMARTS) is 1. The Morgan fingerprint density at radius 2 is 2.09 bits per heavy atom. The van der Waals surface area contributed by atoms with Gasteiger partial charge in [0.2, 0.25) is 5.91 Å². The molecule has 0 radical (unpaired) electrons. The largest absolute Gasteiger partial charge is 0.481 e. The molecule has 1 atom stereocenters. The highest BCUT2D eigenvalue weighted by Crippen LogP contribution is 2.37. The molecule has 1 unspecified atom stereocenters. The standard InChI is InChI=1S/C14H18N4O4/c1-8-11(16-7-15-8)12(20)18-4-2-14(3-5-18)9(13(21)22)6-10(19)17-14/h7,9H,2-6H2,1H3,(H,15,16)(H,17,19)(H,21,22). The third-order valence-corrected chi connectivity index (χ3v) is 4.72. The zero-order valence-corrected chi connectivity index (χ0v) is 12.3. The molecule has 1 aromatic heterocycles. The van der Waals surface area contributed by atoms with Crippen molar-refractivity contribution in [2.24, 2.45) is 5.92 Å². The number of aliphatic carboxylic acids is 1. The number of piperidine rings is 1. The second-order valence-electron chi connectivity index (χ2n) is 5.97. The zero-order valence-electron chi connectivity index (χ0n) is 12.3. The summed E-state index contributed by atoms with van der Waals surface area (Å²) in [5.74, 6) is -2.06. The van der Waals surface area contributed by atoms with E-state index in [0.717, 1.165) is 0 Å². The van der Waals surface area contributed by atoms with E-state index in [1.54, 1.807) is 11.8 Å². The number of aryl methyl sites for hydroxylation is 1. The minimum atomic E-state index is -0.957. The molecule has 2 saturated heterocycles. The summed E-state index contributed by atoms with van der Waals surface area (Å²) in [7, 11) is 0. The minimum Gasteiger partial charge on any atom is -0.481 e. The van der Waals surface area contributed by atoms with E-state index in [9.17, 15) is 19.5 Å². The quantitative estimate of drug-likeness (QED) is 0.706. The summed E-state index contributed by atoms with van der Waals surface area (Å²) in [4.78, 5) is 44.0. The number of hydrogen-bond acceptors (Lipinski definition) is 4. The number of carbonyl (C=O) groups is 3. The fourth-order valence-electron chi connectivity index (χ4n) is 3.43. The SMILES string of the molecule is Cc1[nH]cnc1C(=O)N1CCC2(CC1)NC(=O)CC2C(=O)O. The van der Waals surface area contributed by atoms with Gasteiger partial charge in [-0.1, -0.05) is 0 Å². The summed E-state index contributed by atoms with van der Waals surface area (Å²) in [5, 5.41) is 12.2. The summed E-state index contributed by atoms with van der Waals surface area (Å²) >= 11 is 0. The van der Waals surface area contributed by atoms with Crippen molar-refractivity contribution in [1.29, 1.82) is 0 Å². The van der Waals surface area contributed by atoms with E-state index >= 15 is 0 Å². The lowest BCUT2D eigenvalue weighted by Crippen LogP contribution is -2.56. The first kappa shape index (κ1) is 14.6. The Balaban J connectivity index is 1.72. The number of carbonyl (C=O) groups excluding carboxylic acids is 2. The molecular weight excluding hydrogens is 288 g/mol. The first-order chi connectivity index (χ1) is 10.4. The van der Waals surface area contributed by atoms with Crippen LogP contribution in [0.2, 0.25) is 0 Å². The summed E-state index contributed by atoms with van der Waals surface area (Å²) in [5.41, 5.74) is 0.379. The number of likely N-dealkylation sites (tertiary alicyclic amines) is 1. The number of imidazole rings is 1. The summed E-state index contributed by atoms with van der Waals surface area (Å²) in [6, 6.07) is 0. The van der Waals surface area contributed by atoms with E-state index in [0.29, 0.717) is 37.3 Å². The van der Waals surface area contributed by atoms with E-state index in [1.165, 1.54) is 6.33 Å². The van der Waals surface area contributed by atoms with E-state index in [-0.39, 0.29) is 18.2 Å². The van der Waals surface area contributed by atoms with Gasteiger partial charge >= 0.3 is 5.97 Å². The molecule has 8 heteroatoms. The molecule has 2 fully saturated rings. The van der Waals surface area contributed by atoms with Crippen LogP contribution in [0.3, 0.4) is 0 Å². The van der Waals surface area contributed by atoms with Crippen LogP contribution in [0.15, 0.2) is 6.33 Å². The van der Waals surface area contributed by atoms with Gasteiger partial charge < -0.3 is 20.3 Å². The summed E-state index contributed by atoms with van der Waals surface area (Å²) < 4.78 is 0. The average molecular weight is 306 g/mol. The maximum Gasteiger partial charge on any atom is 0.309 e. The van der Waals surface area contributed by atoms with Gasteiger partial charge in [0, 0.05) is 25.2 Å². The molecule has 3 heterocycles. The van der Waals surface area contributed by atoms with Crippen molar-refractivity contribution in [2.45, 2.75) is 31.7 Å². The van der Waals surface area contributed by atoms with Crippen molar-refractivity contribution in [3.63, 3.8) is 0 Å². The molecule has 118 valence electrons. The first-order valence-electron chi connectivity index (χ1n) is 7.26. The summed E-state index contributed by atoms with van der Waals surface area (Å²) in [6.07, 6.45) is 2.39. The number of aromatic nitrogens is 2. The molecule has 22 heavy (non-hydrogen) atoms. The van der Waals surface area contributed by atoms with Gasteiger partial charge in [0.05, 0.1) is 17.8 Å². The fourth-order valence-corrected chi connectivity index (χ4v) is 3.43. The lowest BCUT2D eigenvalue weighted by atomic mass is 9.77. The third kappa shape index (κ3) is 2.24. The lowest BCUT2D eigenvalue weighted by molar-refractivity contribution is -0.144. The van der Waals surface area contributed by atoms with Crippen molar-refractivity contribution in [3.05, 3.63) is 17.7 Å². The maximum atomic E-state index is 12.4. The molecule has 0 aromatic carbocycles. The Labute approximate surface area is 126 Å². The monoisotopic (exact) mass is 306 g/mol. The molecule has 3 rings (SSSR count). The zero-order chi connectivity index (χ0) is 15.9. The Hall–Kier alpha value is -2.38. The van der Waals surface area contributed by atoms with Crippen molar-refractivity contribution >= 4 is 17.8 Å². The highest BCUT2D eigenvalue weighted by atomic mass is 16.4. The second-order valence-corrected chi connectivity index (χ2v) is 5.97. The van der Waals surface area contributed by atoms with Crippen LogP contribution in [0.4, 0.5) is 0 Å². The van der Waals surface area contributed by atoms with Crippen molar-refractivity contribution in [1.82, 2.24) is 20.2 Å². The van der Waals surface area contributed by atoms with Gasteiger partial charge in [0.1, 0.15) is 5.69 Å². The van der Waals surface area contributed by atoms with E-state index in [4.69, 9.17) is 0 Å². The molecule has 0 aliphatic carbocycles. The predicted molar refractivity (Wildman–Crippen MR) is 75.1 cm³/mol. The molecule has 2 aliphatic heterocycles. The smallest absolute Gasteiger partial charge is 0.309 e. The van der Waals surface area contributed by atoms with Gasteiger partial charge in [0.15, 0.2) is 0 Å². The van der Waals surface area contributed by atoms with Gasteiger partial charge in [0.25, 0.3) is 5.91 Å². The van der Waals surface area contributed by atoms with Crippen LogP contribution in [-0.4, -0.2) is 56.4 Å². The molecule has 3 N–H and O–H groups in total. The topological polar surface area (TPSA) is 115 Å². The molecule has 2 amide bonds. The highest BCUT2D eigenvalue weighted by Gasteiger charge is 2.52. The van der Waals surface area contributed by atoms with E-state index in [2.05, 4.69) is 15.3 Å². The van der Waals surface area contributed by atoms with Gasteiger partial charge in [-0.2, -0.15) is 0 Å². The van der Waals surface area contributed by atoms with Gasteiger partial charge in [-0.25, -0.2) is 4.98 Å². The average Bonchev–Trinajstić information content (AvgIpc) is 3.03. The van der Waals surface area contributed by atoms with Crippen molar-refractivity contribution in [2.75, 3.05) is 13.1 Å². The second kappa shape index (κ2) is 5.11. The van der Waals surface area contributed by atoms with Crippen LogP contribution >= 0.6 is 0 Å². The van der Waals surface area contributed by atoms with Crippen LogP contribution in [0.5, 0.6) is 0 Å². The molecule has 0 saturated carbocycles. The normalized spacial score (nSPS) is 23.6. The summed E-state index contributed by atoms with van der Waals surface area (Å²) in [6.45, 7) is 2.60. The van der Waals surface area contributed by atoms with Crippen molar-refractivity contribution < 1.29 is 19.5 Å². The van der Waals surface area contributed by atoms with E-state index < -0.39 is 17.4 Å². The number of hydrogen-bond donors (Lipinski definition) is 3. The minimum absolute atomic E-state index is 0.0156. The predicted octanol–water partition coefficient (Wildman–Crippen LogP) is -0.0864. The lowest BCUT2D eigenvalue weighted by Gasteiger charge is -2.41. The molecule has 0 bridgehead atoms. The number of nitrogens with zero attached hydrogens (tertiary/aromatic N) is 2. The molecule has 8 nitrogen and oxygen atoms in total. The third-order valence-electron chi connectivity index (χ3n) is 4.72. The Morgan fingerprint density at radius 3 is 2.64 bits per heavy atom. The molecule has 2 aliphatic rings. The van der Waals surface area contributed by atoms with Crippen molar-refractivity contribution in [3.8, 4) is 0 Å². The van der Waals surface area contributed by atoms with Gasteiger partial charge in [-0.15, -0.1) is 0 Å². The van der Waals surface area contributed by atoms with Crippen LogP contribution < -0.4 is 5.32 Å². The number of amides is 2. The molecular formula is C14H18N4O4. The number of rotatable bonds is 2. The fraction of sp³-hybridized carbons (Fsp3) is 0.571. The van der Waals surface area contributed by atoms with E-state index in [1.807, 2.05) is 0 Å². The van der Waals surface area contributed by atoms with Gasteiger partial charge in [-0.3, -0.25) is 14.4 Å². The van der Waals surface area contributed by atoms with Crippen LogP contribution in [0.1, 0.15) is 35.4 Å². The Bertz CT molecular complexity index is 631. The molecule has 1 aromatic rings. The highest BCUT2D eigenvalue weighted by molar-refractivity contribution is 5.93. The van der Waals surface area contributed by atoms with Crippen LogP contribution in [0.25, 0.3) is 0 Å². The number of aromatic amines is 1. The number of H-pyrrole nitrogens is 1. The van der Waals surface area contributed by atoms with Gasteiger partial charge in [-0.05, 0) is 19.8 Å². The van der Waals surface area contributed by atoms with Crippen LogP contribution in [0, 0.1) is 12.8 Å². The Kier molecular flexibility index (Phi) is 3.38. The number of carboxylic acids is 1. The number of nitrogens with one attached hydrogen (secondary N) is 2. The molecule has 1 spiro atoms. The first-order valence-corrected chi connectivity index (χ1v) is 7.26. The maximum absolute atomic E-state index is 12.4. The Morgan fingerprint density at radius 1 is 1.41 bits per heavy atom. The van der Waals surface area contributed by atoms with Crippen LogP contribution in [-0.2, 0) is 9.59 Å².